The predicted octanol–water partition coefficient (Wildman–Crippen LogP) is 4.73. The molecule has 2 rings (SSSR count). The highest BCUT2D eigenvalue weighted by Gasteiger charge is 2.15. The Bertz CT molecular complexity index is 745. The van der Waals surface area contributed by atoms with Crippen LogP contribution in [0.15, 0.2) is 51.8 Å². The van der Waals surface area contributed by atoms with Gasteiger partial charge in [0.2, 0.25) is 0 Å². The number of rotatable bonds is 6. The van der Waals surface area contributed by atoms with Gasteiger partial charge in [0, 0.05) is 10.4 Å². The summed E-state index contributed by atoms with van der Waals surface area (Å²) in [6, 6.07) is 12.3. The maximum absolute atomic E-state index is 12.4. The smallest absolute Gasteiger partial charge is 0.261 e. The van der Waals surface area contributed by atoms with Gasteiger partial charge in [0.15, 0.2) is 0 Å². The Labute approximate surface area is 144 Å². The maximum atomic E-state index is 12.4. The van der Waals surface area contributed by atoms with Crippen molar-refractivity contribution in [1.82, 2.24) is 0 Å². The van der Waals surface area contributed by atoms with E-state index < -0.39 is 10.0 Å². The Morgan fingerprint density at radius 3 is 2.41 bits per heavy atom. The standard InChI is InChI=1S/C16H17BrClNO2S/c1-12-11-14(17)6-9-16(12)19-22(20,21)15-7-4-13(5-8-15)3-2-10-18/h4-9,11,19H,2-3,10H2,1H3. The summed E-state index contributed by atoms with van der Waals surface area (Å²) in [5, 5.41) is 0. The van der Waals surface area contributed by atoms with Crippen LogP contribution in [0.3, 0.4) is 0 Å². The Morgan fingerprint density at radius 2 is 1.82 bits per heavy atom. The molecular weight excluding hydrogens is 386 g/mol. The van der Waals surface area contributed by atoms with Crippen molar-refractivity contribution in [2.24, 2.45) is 0 Å². The highest BCUT2D eigenvalue weighted by molar-refractivity contribution is 9.10. The lowest BCUT2D eigenvalue weighted by atomic mass is 10.1. The number of nitrogens with one attached hydrogen (secondary N) is 1. The molecule has 0 aromatic heterocycles. The minimum Gasteiger partial charge on any atom is -0.279 e. The van der Waals surface area contributed by atoms with Crippen molar-refractivity contribution in [3.8, 4) is 0 Å². The highest BCUT2D eigenvalue weighted by Crippen LogP contribution is 2.23. The number of hydrogen-bond acceptors (Lipinski definition) is 2. The molecule has 0 saturated carbocycles. The van der Waals surface area contributed by atoms with Gasteiger partial charge in [-0.3, -0.25) is 4.72 Å². The third-order valence-corrected chi connectivity index (χ3v) is 5.41. The van der Waals surface area contributed by atoms with Gasteiger partial charge in [0.1, 0.15) is 0 Å². The van der Waals surface area contributed by atoms with Gasteiger partial charge < -0.3 is 0 Å². The summed E-state index contributed by atoms with van der Waals surface area (Å²) in [4.78, 5) is 0.254. The zero-order valence-electron chi connectivity index (χ0n) is 12.1. The molecule has 3 nitrogen and oxygen atoms in total. The molecule has 0 fully saturated rings. The molecule has 2 aromatic rings. The zero-order chi connectivity index (χ0) is 16.2. The van der Waals surface area contributed by atoms with E-state index in [-0.39, 0.29) is 4.90 Å². The number of anilines is 1. The normalized spacial score (nSPS) is 11.4. The summed E-state index contributed by atoms with van der Waals surface area (Å²) < 4.78 is 28.4. The lowest BCUT2D eigenvalue weighted by Gasteiger charge is -2.11. The van der Waals surface area contributed by atoms with E-state index >= 15 is 0 Å². The molecule has 0 spiro atoms. The molecule has 0 unspecified atom stereocenters. The van der Waals surface area contributed by atoms with Gasteiger partial charge >= 0.3 is 0 Å². The van der Waals surface area contributed by atoms with Gasteiger partial charge in [-0.2, -0.15) is 0 Å². The van der Waals surface area contributed by atoms with Crippen molar-refractivity contribution in [2.45, 2.75) is 24.7 Å². The molecule has 0 radical (unpaired) electrons. The molecule has 6 heteroatoms. The highest BCUT2D eigenvalue weighted by atomic mass is 79.9. The molecule has 2 aromatic carbocycles. The third kappa shape index (κ3) is 4.48. The molecule has 22 heavy (non-hydrogen) atoms. The third-order valence-electron chi connectivity index (χ3n) is 3.27. The predicted molar refractivity (Wildman–Crippen MR) is 95.2 cm³/mol. The topological polar surface area (TPSA) is 46.2 Å². The molecule has 0 aliphatic rings. The Balaban J connectivity index is 2.19. The molecule has 118 valence electrons. The lowest BCUT2D eigenvalue weighted by Crippen LogP contribution is -2.13. The van der Waals surface area contributed by atoms with E-state index in [0.29, 0.717) is 11.6 Å². The van der Waals surface area contributed by atoms with Crippen molar-refractivity contribution in [3.63, 3.8) is 0 Å². The minimum absolute atomic E-state index is 0.254. The number of benzene rings is 2. The van der Waals surface area contributed by atoms with Gasteiger partial charge in [-0.25, -0.2) is 8.42 Å². The Morgan fingerprint density at radius 1 is 1.14 bits per heavy atom. The van der Waals surface area contributed by atoms with Crippen LogP contribution in [0.4, 0.5) is 5.69 Å². The average Bonchev–Trinajstić information content (AvgIpc) is 2.48. The van der Waals surface area contributed by atoms with Crippen LogP contribution < -0.4 is 4.72 Å². The van der Waals surface area contributed by atoms with Gasteiger partial charge in [-0.05, 0) is 61.2 Å². The molecule has 1 N–H and O–H groups in total. The van der Waals surface area contributed by atoms with Gasteiger partial charge in [-0.15, -0.1) is 11.6 Å². The van der Waals surface area contributed by atoms with Crippen molar-refractivity contribution in [2.75, 3.05) is 10.6 Å². The van der Waals surface area contributed by atoms with Crippen molar-refractivity contribution >= 4 is 43.2 Å². The summed E-state index contributed by atoms with van der Waals surface area (Å²) in [5.41, 5.74) is 2.52. The van der Waals surface area contributed by atoms with Crippen LogP contribution in [0.25, 0.3) is 0 Å². The van der Waals surface area contributed by atoms with Crippen LogP contribution >= 0.6 is 27.5 Å². The molecule has 0 atom stereocenters. The van der Waals surface area contributed by atoms with Crippen molar-refractivity contribution in [3.05, 3.63) is 58.1 Å². The van der Waals surface area contributed by atoms with Crippen LogP contribution in [-0.2, 0) is 16.4 Å². The fourth-order valence-corrected chi connectivity index (χ4v) is 3.79. The molecule has 0 aliphatic heterocycles. The number of aryl methyl sites for hydroxylation is 2. The fourth-order valence-electron chi connectivity index (χ4n) is 2.05. The van der Waals surface area contributed by atoms with Crippen LogP contribution in [0.1, 0.15) is 17.5 Å². The van der Waals surface area contributed by atoms with Gasteiger partial charge in [0.05, 0.1) is 10.6 Å². The summed E-state index contributed by atoms with van der Waals surface area (Å²) in [6.45, 7) is 1.86. The van der Waals surface area contributed by atoms with E-state index in [1.807, 2.05) is 25.1 Å². The largest absolute Gasteiger partial charge is 0.279 e. The summed E-state index contributed by atoms with van der Waals surface area (Å²) in [7, 11) is -3.58. The van der Waals surface area contributed by atoms with E-state index in [9.17, 15) is 8.42 Å². The van der Waals surface area contributed by atoms with E-state index in [1.54, 1.807) is 24.3 Å². The van der Waals surface area contributed by atoms with Gasteiger partial charge in [-0.1, -0.05) is 28.1 Å². The molecule has 0 aliphatic carbocycles. The number of halogens is 2. The Hall–Kier alpha value is -1.04. The zero-order valence-corrected chi connectivity index (χ0v) is 15.3. The molecule has 0 bridgehead atoms. The first-order valence-corrected chi connectivity index (χ1v) is 9.67. The van der Waals surface area contributed by atoms with Crippen LogP contribution in [0, 0.1) is 6.92 Å². The lowest BCUT2D eigenvalue weighted by molar-refractivity contribution is 0.601. The number of sulfonamides is 1. The van der Waals surface area contributed by atoms with Crippen LogP contribution in [0.2, 0.25) is 0 Å². The first-order valence-electron chi connectivity index (χ1n) is 6.86. The monoisotopic (exact) mass is 401 g/mol. The van der Waals surface area contributed by atoms with E-state index in [2.05, 4.69) is 20.7 Å². The minimum atomic E-state index is -3.58. The second-order valence-corrected chi connectivity index (χ2v) is 7.98. The quantitative estimate of drug-likeness (QED) is 0.710. The van der Waals surface area contributed by atoms with E-state index in [1.165, 1.54) is 0 Å². The first-order chi connectivity index (χ1) is 10.4. The van der Waals surface area contributed by atoms with Crippen LogP contribution in [-0.4, -0.2) is 14.3 Å². The first kappa shape index (κ1) is 17.3. The molecule has 0 amide bonds. The van der Waals surface area contributed by atoms with Crippen molar-refractivity contribution < 1.29 is 8.42 Å². The van der Waals surface area contributed by atoms with Crippen molar-refractivity contribution in [1.29, 1.82) is 0 Å². The maximum Gasteiger partial charge on any atom is 0.261 e. The summed E-state index contributed by atoms with van der Waals surface area (Å²) in [6.07, 6.45) is 1.73. The van der Waals surface area contributed by atoms with E-state index in [4.69, 9.17) is 11.6 Å². The second-order valence-electron chi connectivity index (χ2n) is 5.00. The second kappa shape index (κ2) is 7.49. The summed E-state index contributed by atoms with van der Waals surface area (Å²) in [5.74, 6) is 0.602. The fraction of sp³-hybridized carbons (Fsp3) is 0.250. The SMILES string of the molecule is Cc1cc(Br)ccc1NS(=O)(=O)c1ccc(CCCCl)cc1. The average molecular weight is 403 g/mol. The number of hydrogen-bond donors (Lipinski definition) is 1. The van der Waals surface area contributed by atoms with Crippen LogP contribution in [0.5, 0.6) is 0 Å². The van der Waals surface area contributed by atoms with Gasteiger partial charge in [0.25, 0.3) is 10.0 Å². The molecular formula is C16H17BrClNO2S. The molecule has 0 saturated heterocycles. The summed E-state index contributed by atoms with van der Waals surface area (Å²) >= 11 is 9.03. The molecule has 0 heterocycles. The van der Waals surface area contributed by atoms with E-state index in [0.717, 1.165) is 28.4 Å². The Kier molecular flexibility index (Phi) is 5.89. The number of alkyl halides is 1.